The highest BCUT2D eigenvalue weighted by atomic mass is 16.6. The first-order chi connectivity index (χ1) is 28.6. The number of quaternary nitrogens is 1. The molecule has 1 N–H and O–H groups in total. The third-order valence-corrected chi connectivity index (χ3v) is 10.4. The maximum atomic E-state index is 12.7. The Balaban J connectivity index is 4.35. The number of allylic oxidation sites excluding steroid dienone is 10. The molecule has 0 aliphatic rings. The summed E-state index contributed by atoms with van der Waals surface area (Å²) in [5.41, 5.74) is 0. The smallest absolute Gasteiger partial charge is 0.362 e. The third kappa shape index (κ3) is 40.2. The Morgan fingerprint density at radius 3 is 1.39 bits per heavy atom. The van der Waals surface area contributed by atoms with Crippen LogP contribution in [0.3, 0.4) is 0 Å². The van der Waals surface area contributed by atoms with Crippen molar-refractivity contribution in [2.45, 2.75) is 206 Å². The monoisotopic (exact) mass is 829 g/mol. The summed E-state index contributed by atoms with van der Waals surface area (Å²) in [5.74, 6) is -1.51. The van der Waals surface area contributed by atoms with E-state index < -0.39 is 18.1 Å². The van der Waals surface area contributed by atoms with Crippen LogP contribution in [-0.4, -0.2) is 80.6 Å². The summed E-state index contributed by atoms with van der Waals surface area (Å²) in [6, 6.07) is -0.622. The van der Waals surface area contributed by atoms with Crippen LogP contribution in [0.1, 0.15) is 194 Å². The van der Waals surface area contributed by atoms with E-state index in [0.717, 1.165) is 89.9 Å². The SMILES string of the molecule is CCCCC/C=C/C/C=C/C/C=C/C/C=C/CCCCCCCC(=O)OCC(COCCC(C(=O)O)[N+](C)(C)C)OC(=O)CCCCC/C=C/CCCCCCCCC. The zero-order valence-electron chi connectivity index (χ0n) is 38.7. The fraction of sp³-hybridized carbons (Fsp3) is 0.745. The summed E-state index contributed by atoms with van der Waals surface area (Å²) in [6.07, 6.45) is 51.2. The molecule has 0 fully saturated rings. The molecule has 2 atom stereocenters. The summed E-state index contributed by atoms with van der Waals surface area (Å²) in [4.78, 5) is 37.0. The minimum atomic E-state index is -0.881. The van der Waals surface area contributed by atoms with Gasteiger partial charge in [-0.3, -0.25) is 9.59 Å². The Kier molecular flexibility index (Phi) is 39.6. The van der Waals surface area contributed by atoms with E-state index in [-0.39, 0.29) is 36.2 Å². The van der Waals surface area contributed by atoms with Crippen LogP contribution in [0.4, 0.5) is 0 Å². The number of rotatable bonds is 42. The van der Waals surface area contributed by atoms with Crippen LogP contribution in [0.25, 0.3) is 0 Å². The summed E-state index contributed by atoms with van der Waals surface area (Å²) >= 11 is 0. The summed E-state index contributed by atoms with van der Waals surface area (Å²) in [5, 5.41) is 9.63. The average molecular weight is 829 g/mol. The van der Waals surface area contributed by atoms with Gasteiger partial charge in [-0.25, -0.2) is 4.79 Å². The van der Waals surface area contributed by atoms with Crippen molar-refractivity contribution in [3.63, 3.8) is 0 Å². The van der Waals surface area contributed by atoms with Gasteiger partial charge in [0.1, 0.15) is 6.61 Å². The Hall–Kier alpha value is -2.97. The topological polar surface area (TPSA) is 99.1 Å². The molecular weight excluding hydrogens is 739 g/mol. The lowest BCUT2D eigenvalue weighted by Crippen LogP contribution is -2.50. The lowest BCUT2D eigenvalue weighted by atomic mass is 10.1. The average Bonchev–Trinajstić information content (AvgIpc) is 3.19. The highest BCUT2D eigenvalue weighted by molar-refractivity contribution is 5.72. The quantitative estimate of drug-likeness (QED) is 0.0283. The van der Waals surface area contributed by atoms with Crippen molar-refractivity contribution in [3.05, 3.63) is 60.8 Å². The minimum absolute atomic E-state index is 0.0471. The molecular formula is C51H90NO7+. The van der Waals surface area contributed by atoms with Gasteiger partial charge in [-0.15, -0.1) is 0 Å². The molecule has 0 amide bonds. The molecule has 0 aliphatic carbocycles. The minimum Gasteiger partial charge on any atom is -0.477 e. The van der Waals surface area contributed by atoms with E-state index in [1.807, 2.05) is 21.1 Å². The molecule has 0 saturated carbocycles. The van der Waals surface area contributed by atoms with Gasteiger partial charge in [0.25, 0.3) is 0 Å². The molecule has 0 aromatic heterocycles. The molecule has 0 aromatic carbocycles. The lowest BCUT2D eigenvalue weighted by Gasteiger charge is -2.31. The van der Waals surface area contributed by atoms with Crippen LogP contribution in [-0.2, 0) is 28.6 Å². The van der Waals surface area contributed by atoms with Gasteiger partial charge in [0.2, 0.25) is 0 Å². The maximum absolute atomic E-state index is 12.7. The van der Waals surface area contributed by atoms with Gasteiger partial charge in [0.15, 0.2) is 12.1 Å². The number of nitrogens with zero attached hydrogens (tertiary/aromatic N) is 1. The van der Waals surface area contributed by atoms with Crippen LogP contribution in [0, 0.1) is 0 Å². The Bertz CT molecular complexity index is 1150. The van der Waals surface area contributed by atoms with E-state index in [1.165, 1.54) is 70.6 Å². The number of carbonyl (C=O) groups is 3. The second-order valence-electron chi connectivity index (χ2n) is 17.0. The first kappa shape index (κ1) is 56.0. The van der Waals surface area contributed by atoms with Gasteiger partial charge in [0, 0.05) is 19.3 Å². The Labute approximate surface area is 362 Å². The molecule has 0 radical (unpaired) electrons. The predicted octanol–water partition coefficient (Wildman–Crippen LogP) is 13.4. The summed E-state index contributed by atoms with van der Waals surface area (Å²) < 4.78 is 17.3. The highest BCUT2D eigenvalue weighted by Gasteiger charge is 2.31. The van der Waals surface area contributed by atoms with Crippen LogP contribution < -0.4 is 0 Å². The molecule has 0 spiro atoms. The molecule has 0 rings (SSSR count). The lowest BCUT2D eigenvalue weighted by molar-refractivity contribution is -0.887. The van der Waals surface area contributed by atoms with Crippen LogP contribution >= 0.6 is 0 Å². The second kappa shape index (κ2) is 41.8. The highest BCUT2D eigenvalue weighted by Crippen LogP contribution is 2.13. The van der Waals surface area contributed by atoms with Gasteiger partial charge in [-0.1, -0.05) is 152 Å². The van der Waals surface area contributed by atoms with Crippen LogP contribution in [0.2, 0.25) is 0 Å². The van der Waals surface area contributed by atoms with Gasteiger partial charge in [-0.2, -0.15) is 0 Å². The van der Waals surface area contributed by atoms with Crippen molar-refractivity contribution in [3.8, 4) is 0 Å². The predicted molar refractivity (Wildman–Crippen MR) is 247 cm³/mol. The van der Waals surface area contributed by atoms with E-state index in [4.69, 9.17) is 14.2 Å². The fourth-order valence-corrected chi connectivity index (χ4v) is 6.66. The van der Waals surface area contributed by atoms with E-state index >= 15 is 0 Å². The standard InChI is InChI=1S/C51H89NO7/c1-6-8-10-12-14-16-18-20-22-23-24-25-26-27-28-30-31-33-35-37-39-41-49(53)58-46-47(45-57-44-43-48(51(55)56)52(3,4)5)59-50(54)42-40-38-36-34-32-29-21-19-17-15-13-11-9-7-2/h14,16,20,22,24-25,27-29,32,47-48H,6-13,15,17-19,21,23,26,30-31,33-46H2,1-5H3/p+1/b16-14+,22-20+,25-24+,28-27+,32-29+. The number of likely N-dealkylation sites (N-methyl/N-ethyl adjacent to an activating group) is 1. The van der Waals surface area contributed by atoms with Gasteiger partial charge in [0.05, 0.1) is 34.4 Å². The number of ether oxygens (including phenoxy) is 3. The first-order valence-corrected chi connectivity index (χ1v) is 23.8. The number of hydrogen-bond acceptors (Lipinski definition) is 6. The van der Waals surface area contributed by atoms with E-state index in [1.54, 1.807) is 0 Å². The second-order valence-corrected chi connectivity index (χ2v) is 17.0. The summed E-state index contributed by atoms with van der Waals surface area (Å²) in [6.45, 7) is 4.67. The molecule has 0 aromatic rings. The van der Waals surface area contributed by atoms with Gasteiger partial charge < -0.3 is 23.8 Å². The number of carboxylic acid groups (broad SMARTS) is 1. The van der Waals surface area contributed by atoms with Crippen molar-refractivity contribution in [1.82, 2.24) is 0 Å². The molecule has 0 bridgehead atoms. The van der Waals surface area contributed by atoms with Crippen molar-refractivity contribution < 1.29 is 38.2 Å². The molecule has 0 saturated heterocycles. The largest absolute Gasteiger partial charge is 0.477 e. The molecule has 59 heavy (non-hydrogen) atoms. The molecule has 2 unspecified atom stereocenters. The molecule has 8 nitrogen and oxygen atoms in total. The zero-order chi connectivity index (χ0) is 43.5. The maximum Gasteiger partial charge on any atom is 0.362 e. The Morgan fingerprint density at radius 2 is 0.898 bits per heavy atom. The third-order valence-electron chi connectivity index (χ3n) is 10.4. The Morgan fingerprint density at radius 1 is 0.508 bits per heavy atom. The summed E-state index contributed by atoms with van der Waals surface area (Å²) in [7, 11) is 5.51. The van der Waals surface area contributed by atoms with E-state index in [2.05, 4.69) is 74.6 Å². The molecule has 0 aliphatic heterocycles. The van der Waals surface area contributed by atoms with E-state index in [0.29, 0.717) is 19.3 Å². The number of carboxylic acids is 1. The van der Waals surface area contributed by atoms with Crippen molar-refractivity contribution in [2.75, 3.05) is 41.0 Å². The molecule has 8 heteroatoms. The number of hydrogen-bond donors (Lipinski definition) is 1. The first-order valence-electron chi connectivity index (χ1n) is 23.8. The zero-order valence-corrected chi connectivity index (χ0v) is 38.7. The number of carbonyl (C=O) groups excluding carboxylic acids is 2. The van der Waals surface area contributed by atoms with E-state index in [9.17, 15) is 19.5 Å². The normalized spacial score (nSPS) is 13.4. The number of unbranched alkanes of at least 4 members (excludes halogenated alkanes) is 18. The number of aliphatic carboxylic acids is 1. The van der Waals surface area contributed by atoms with Crippen molar-refractivity contribution in [2.24, 2.45) is 0 Å². The van der Waals surface area contributed by atoms with Crippen LogP contribution in [0.5, 0.6) is 0 Å². The van der Waals surface area contributed by atoms with Crippen molar-refractivity contribution in [1.29, 1.82) is 0 Å². The number of esters is 2. The van der Waals surface area contributed by atoms with Crippen LogP contribution in [0.15, 0.2) is 60.8 Å². The fourth-order valence-electron chi connectivity index (χ4n) is 6.66. The molecule has 340 valence electrons. The van der Waals surface area contributed by atoms with Gasteiger partial charge >= 0.3 is 17.9 Å². The molecule has 0 heterocycles. The van der Waals surface area contributed by atoms with Crippen molar-refractivity contribution >= 4 is 17.9 Å². The van der Waals surface area contributed by atoms with Gasteiger partial charge in [-0.05, 0) is 83.5 Å².